The Morgan fingerprint density at radius 2 is 1.81 bits per heavy atom. The number of benzene rings is 1. The van der Waals surface area contributed by atoms with Gasteiger partial charge in [0.15, 0.2) is 0 Å². The Hall–Kier alpha value is -3.20. The zero-order chi connectivity index (χ0) is 21.5. The maximum absolute atomic E-state index is 12.4. The normalized spacial score (nSPS) is 16.6. The molecule has 9 nitrogen and oxygen atoms in total. The number of hydrogen-bond donors (Lipinski definition) is 3. The van der Waals surface area contributed by atoms with Gasteiger partial charge < -0.3 is 20.9 Å². The minimum atomic E-state index is -0.223. The molecule has 31 heavy (non-hydrogen) atoms. The second-order valence-electron chi connectivity index (χ2n) is 7.94. The molecule has 9 heteroatoms. The van der Waals surface area contributed by atoms with E-state index in [9.17, 15) is 9.59 Å². The first-order valence-electron chi connectivity index (χ1n) is 10.9. The van der Waals surface area contributed by atoms with E-state index >= 15 is 0 Å². The van der Waals surface area contributed by atoms with Gasteiger partial charge in [-0.15, -0.1) is 0 Å². The van der Waals surface area contributed by atoms with Crippen LogP contribution >= 0.6 is 0 Å². The largest absolute Gasteiger partial charge is 0.352 e. The van der Waals surface area contributed by atoms with Crippen molar-refractivity contribution in [2.75, 3.05) is 49.5 Å². The molecule has 1 aromatic heterocycles. The van der Waals surface area contributed by atoms with E-state index in [1.165, 1.54) is 0 Å². The number of piperazine rings is 1. The highest BCUT2D eigenvalue weighted by Crippen LogP contribution is 2.19. The summed E-state index contributed by atoms with van der Waals surface area (Å²) in [5, 5.41) is 8.63. The van der Waals surface area contributed by atoms with Crippen LogP contribution in [0, 0.1) is 0 Å². The van der Waals surface area contributed by atoms with Crippen LogP contribution in [0.15, 0.2) is 42.7 Å². The molecule has 1 aliphatic heterocycles. The summed E-state index contributed by atoms with van der Waals surface area (Å²) in [6.07, 6.45) is 6.49. The van der Waals surface area contributed by atoms with Crippen LogP contribution < -0.4 is 20.9 Å². The average molecular weight is 424 g/mol. The van der Waals surface area contributed by atoms with E-state index in [1.807, 2.05) is 6.07 Å². The van der Waals surface area contributed by atoms with Crippen molar-refractivity contribution in [3.63, 3.8) is 0 Å². The SMILES string of the molecule is O=C(Nc1cccc(C(=O)NCCCN2CCN(c3ncccn3)CC2)c1)NC1CC1. The maximum Gasteiger partial charge on any atom is 0.319 e. The third kappa shape index (κ3) is 6.39. The molecule has 3 N–H and O–H groups in total. The fraction of sp³-hybridized carbons (Fsp3) is 0.455. The third-order valence-corrected chi connectivity index (χ3v) is 5.44. The van der Waals surface area contributed by atoms with E-state index in [2.05, 4.69) is 35.7 Å². The number of rotatable bonds is 8. The molecule has 164 valence electrons. The van der Waals surface area contributed by atoms with Crippen LogP contribution in [-0.2, 0) is 0 Å². The van der Waals surface area contributed by atoms with Crippen LogP contribution in [0.4, 0.5) is 16.4 Å². The number of hydrogen-bond acceptors (Lipinski definition) is 6. The Morgan fingerprint density at radius 1 is 1.03 bits per heavy atom. The van der Waals surface area contributed by atoms with E-state index in [0.717, 1.165) is 57.9 Å². The van der Waals surface area contributed by atoms with Crippen molar-refractivity contribution in [3.05, 3.63) is 48.3 Å². The van der Waals surface area contributed by atoms with Gasteiger partial charge >= 0.3 is 6.03 Å². The summed E-state index contributed by atoms with van der Waals surface area (Å²) in [5.41, 5.74) is 1.16. The van der Waals surface area contributed by atoms with Crippen LogP contribution in [0.3, 0.4) is 0 Å². The van der Waals surface area contributed by atoms with Gasteiger partial charge in [-0.05, 0) is 50.1 Å². The highest BCUT2D eigenvalue weighted by atomic mass is 16.2. The fourth-order valence-electron chi connectivity index (χ4n) is 3.55. The summed E-state index contributed by atoms with van der Waals surface area (Å²) in [6, 6.07) is 8.91. The smallest absolute Gasteiger partial charge is 0.319 e. The number of carbonyl (C=O) groups is 2. The standard InChI is InChI=1S/C22H29N7O2/c30-20(17-4-1-5-19(16-17)27-22(31)26-18-6-7-18)23-10-3-11-28-12-14-29(15-13-28)21-24-8-2-9-25-21/h1-2,4-5,8-9,16,18H,3,6-7,10-15H2,(H,23,30)(H2,26,27,31). The minimum absolute atomic E-state index is 0.128. The lowest BCUT2D eigenvalue weighted by Crippen LogP contribution is -2.47. The van der Waals surface area contributed by atoms with Crippen molar-refractivity contribution in [3.8, 4) is 0 Å². The van der Waals surface area contributed by atoms with Crippen LogP contribution in [0.5, 0.6) is 0 Å². The molecule has 0 bridgehead atoms. The van der Waals surface area contributed by atoms with Gasteiger partial charge in [-0.1, -0.05) is 6.07 Å². The summed E-state index contributed by atoms with van der Waals surface area (Å²) in [7, 11) is 0. The zero-order valence-corrected chi connectivity index (χ0v) is 17.6. The molecule has 4 rings (SSSR count). The summed E-state index contributed by atoms with van der Waals surface area (Å²) >= 11 is 0. The molecular weight excluding hydrogens is 394 g/mol. The quantitative estimate of drug-likeness (QED) is 0.559. The number of amides is 3. The monoisotopic (exact) mass is 423 g/mol. The minimum Gasteiger partial charge on any atom is -0.352 e. The molecule has 2 aromatic rings. The van der Waals surface area contributed by atoms with Crippen molar-refractivity contribution < 1.29 is 9.59 Å². The van der Waals surface area contributed by atoms with Crippen LogP contribution in [0.1, 0.15) is 29.6 Å². The molecule has 2 aliphatic rings. The lowest BCUT2D eigenvalue weighted by molar-refractivity contribution is 0.0951. The predicted molar refractivity (Wildman–Crippen MR) is 119 cm³/mol. The lowest BCUT2D eigenvalue weighted by Gasteiger charge is -2.34. The van der Waals surface area contributed by atoms with E-state index in [-0.39, 0.29) is 11.9 Å². The highest BCUT2D eigenvalue weighted by molar-refractivity contribution is 5.96. The van der Waals surface area contributed by atoms with Crippen LogP contribution in [0.25, 0.3) is 0 Å². The van der Waals surface area contributed by atoms with Crippen molar-refractivity contribution in [2.24, 2.45) is 0 Å². The number of nitrogens with zero attached hydrogens (tertiary/aromatic N) is 4. The zero-order valence-electron chi connectivity index (χ0n) is 17.6. The Labute approximate surface area is 182 Å². The Bertz CT molecular complexity index is 880. The number of carbonyl (C=O) groups excluding carboxylic acids is 2. The first-order valence-corrected chi connectivity index (χ1v) is 10.9. The van der Waals surface area contributed by atoms with Gasteiger partial charge in [0.05, 0.1) is 0 Å². The van der Waals surface area contributed by atoms with Crippen LogP contribution in [-0.4, -0.2) is 72.1 Å². The maximum atomic E-state index is 12.4. The van der Waals surface area contributed by atoms with E-state index in [0.29, 0.717) is 23.8 Å². The molecule has 0 unspecified atom stereocenters. The van der Waals surface area contributed by atoms with Gasteiger partial charge in [-0.3, -0.25) is 9.69 Å². The second-order valence-corrected chi connectivity index (χ2v) is 7.94. The van der Waals surface area contributed by atoms with Gasteiger partial charge in [0.1, 0.15) is 0 Å². The topological polar surface area (TPSA) is 102 Å². The van der Waals surface area contributed by atoms with E-state index in [1.54, 1.807) is 36.7 Å². The average Bonchev–Trinajstić information content (AvgIpc) is 3.61. The summed E-state index contributed by atoms with van der Waals surface area (Å²) in [6.45, 7) is 5.29. The molecule has 1 saturated heterocycles. The summed E-state index contributed by atoms with van der Waals surface area (Å²) < 4.78 is 0. The predicted octanol–water partition coefficient (Wildman–Crippen LogP) is 1.70. The van der Waals surface area contributed by atoms with Gasteiger partial charge in [0.25, 0.3) is 5.91 Å². The summed E-state index contributed by atoms with van der Waals surface area (Å²) in [4.78, 5) is 37.5. The number of nitrogens with one attached hydrogen (secondary N) is 3. The lowest BCUT2D eigenvalue weighted by atomic mass is 10.2. The van der Waals surface area contributed by atoms with Gasteiger partial charge in [-0.2, -0.15) is 0 Å². The first kappa shape index (κ1) is 21.0. The van der Waals surface area contributed by atoms with Crippen molar-refractivity contribution >= 4 is 23.6 Å². The first-order chi connectivity index (χ1) is 15.2. The van der Waals surface area contributed by atoms with Crippen molar-refractivity contribution in [2.45, 2.75) is 25.3 Å². The molecule has 1 aromatic carbocycles. The van der Waals surface area contributed by atoms with Crippen molar-refractivity contribution in [1.29, 1.82) is 0 Å². The molecule has 1 saturated carbocycles. The number of urea groups is 1. The van der Waals surface area contributed by atoms with Gasteiger partial charge in [-0.25, -0.2) is 14.8 Å². The Morgan fingerprint density at radius 3 is 2.55 bits per heavy atom. The molecule has 2 heterocycles. The molecule has 0 atom stereocenters. The number of aromatic nitrogens is 2. The molecule has 3 amide bonds. The van der Waals surface area contributed by atoms with Crippen LogP contribution in [0.2, 0.25) is 0 Å². The van der Waals surface area contributed by atoms with Gasteiger partial charge in [0.2, 0.25) is 5.95 Å². The molecular formula is C22H29N7O2. The Kier molecular flexibility index (Phi) is 6.93. The molecule has 0 spiro atoms. The molecule has 0 radical (unpaired) electrons. The van der Waals surface area contributed by atoms with E-state index in [4.69, 9.17) is 0 Å². The molecule has 1 aliphatic carbocycles. The summed E-state index contributed by atoms with van der Waals surface area (Å²) in [5.74, 6) is 0.661. The van der Waals surface area contributed by atoms with Gasteiger partial charge in [0, 0.05) is 62.4 Å². The molecule has 2 fully saturated rings. The highest BCUT2D eigenvalue weighted by Gasteiger charge is 2.23. The van der Waals surface area contributed by atoms with E-state index < -0.39 is 0 Å². The third-order valence-electron chi connectivity index (χ3n) is 5.44. The Balaban J connectivity index is 1.14. The number of anilines is 2. The fourth-order valence-corrected chi connectivity index (χ4v) is 3.55. The van der Waals surface area contributed by atoms with Crippen molar-refractivity contribution in [1.82, 2.24) is 25.5 Å². The second kappa shape index (κ2) is 10.2.